The molecule has 1 saturated heterocycles. The lowest BCUT2D eigenvalue weighted by Gasteiger charge is -2.42. The van der Waals surface area contributed by atoms with Crippen molar-refractivity contribution in [2.75, 3.05) is 38.3 Å². The summed E-state index contributed by atoms with van der Waals surface area (Å²) in [4.78, 5) is 37.7. The summed E-state index contributed by atoms with van der Waals surface area (Å²) in [6.45, 7) is 9.10. The summed E-state index contributed by atoms with van der Waals surface area (Å²) in [6, 6.07) is 14.4. The van der Waals surface area contributed by atoms with Gasteiger partial charge in [0.1, 0.15) is 10.9 Å². The van der Waals surface area contributed by atoms with Crippen LogP contribution in [0.25, 0.3) is 0 Å². The number of hydrogen-bond donors (Lipinski definition) is 1. The van der Waals surface area contributed by atoms with Crippen LogP contribution in [0.1, 0.15) is 53.4 Å². The number of likely N-dealkylation sites (tertiary alicyclic amines) is 1. The Hall–Kier alpha value is -3.69. The molecule has 2 aromatic heterocycles. The minimum absolute atomic E-state index is 0.104. The number of pyridine rings is 2. The first kappa shape index (κ1) is 31.3. The zero-order valence-electron chi connectivity index (χ0n) is 24.8. The number of amides is 1. The lowest BCUT2D eigenvalue weighted by atomic mass is 9.99. The molecule has 1 aliphatic heterocycles. The number of nitrogens with one attached hydrogen (secondary N) is 1. The highest BCUT2D eigenvalue weighted by Crippen LogP contribution is 2.28. The van der Waals surface area contributed by atoms with Gasteiger partial charge in [-0.1, -0.05) is 17.7 Å². The van der Waals surface area contributed by atoms with Crippen molar-refractivity contribution in [2.24, 2.45) is 0 Å². The highest BCUT2D eigenvalue weighted by Gasteiger charge is 2.27. The molecule has 1 atom stereocenters. The number of nitrogens with zero attached hydrogens (tertiary/aromatic N) is 4. The first-order valence-corrected chi connectivity index (χ1v) is 14.7. The van der Waals surface area contributed by atoms with Gasteiger partial charge in [-0.05, 0) is 87.6 Å². The van der Waals surface area contributed by atoms with Crippen LogP contribution in [0.4, 0.5) is 5.69 Å². The van der Waals surface area contributed by atoms with E-state index in [1.807, 2.05) is 50.4 Å². The maximum Gasteiger partial charge on any atom is 0.343 e. The summed E-state index contributed by atoms with van der Waals surface area (Å²) in [5.74, 6) is 0.108. The standard InChI is InChI=1S/C32H40ClN5O4/c1-22-18-29(33)36-24(3)31(22)32(40)35-15-11-23(2)37-16-12-27(13-17-37)38(20-25-6-5-14-34-19-25)26-7-9-28(10-8-26)42-21-30(39)41-4/h5-10,14,18-19,23,27H,11-13,15-17,20-21H2,1-4H3,(H,35,40)/t23-/m1/s1. The third kappa shape index (κ3) is 8.42. The topological polar surface area (TPSA) is 96.9 Å². The maximum absolute atomic E-state index is 12.8. The minimum atomic E-state index is -0.412. The number of benzene rings is 1. The SMILES string of the molecule is COC(=O)COc1ccc(N(Cc2cccnc2)C2CCN([C@H](C)CCNC(=O)c3c(C)cc(Cl)nc3C)CC2)cc1. The van der Waals surface area contributed by atoms with Crippen LogP contribution in [-0.2, 0) is 16.1 Å². The second-order valence-corrected chi connectivity index (χ2v) is 11.1. The Bertz CT molecular complexity index is 1310. The van der Waals surface area contributed by atoms with E-state index in [1.165, 1.54) is 7.11 Å². The predicted octanol–water partition coefficient (Wildman–Crippen LogP) is 4.98. The van der Waals surface area contributed by atoms with Gasteiger partial charge in [-0.3, -0.25) is 9.78 Å². The molecule has 3 heterocycles. The lowest BCUT2D eigenvalue weighted by molar-refractivity contribution is -0.142. The normalized spacial score (nSPS) is 14.7. The van der Waals surface area contributed by atoms with E-state index in [4.69, 9.17) is 16.3 Å². The van der Waals surface area contributed by atoms with Crippen molar-refractivity contribution in [3.63, 3.8) is 0 Å². The average Bonchev–Trinajstić information content (AvgIpc) is 2.99. The minimum Gasteiger partial charge on any atom is -0.482 e. The Labute approximate surface area is 253 Å². The Kier molecular flexibility index (Phi) is 11.1. The highest BCUT2D eigenvalue weighted by atomic mass is 35.5. The number of halogens is 1. The number of ether oxygens (including phenoxy) is 2. The van der Waals surface area contributed by atoms with Gasteiger partial charge in [0.2, 0.25) is 0 Å². The number of hydrogen-bond acceptors (Lipinski definition) is 8. The molecule has 42 heavy (non-hydrogen) atoms. The fraction of sp³-hybridized carbons (Fsp3) is 0.438. The van der Waals surface area contributed by atoms with Crippen molar-refractivity contribution in [3.05, 3.63) is 82.4 Å². The molecular formula is C32H40ClN5O4. The largest absolute Gasteiger partial charge is 0.482 e. The quantitative estimate of drug-likeness (QED) is 0.232. The molecule has 0 aliphatic carbocycles. The maximum atomic E-state index is 12.8. The molecule has 0 saturated carbocycles. The molecule has 224 valence electrons. The first-order valence-electron chi connectivity index (χ1n) is 14.4. The second kappa shape index (κ2) is 15.0. The van der Waals surface area contributed by atoms with E-state index in [1.54, 1.807) is 12.3 Å². The van der Waals surface area contributed by atoms with Crippen LogP contribution in [0.15, 0.2) is 54.9 Å². The number of aromatic nitrogens is 2. The highest BCUT2D eigenvalue weighted by molar-refractivity contribution is 6.29. The van der Waals surface area contributed by atoms with Crippen molar-refractivity contribution in [1.82, 2.24) is 20.2 Å². The van der Waals surface area contributed by atoms with Gasteiger partial charge >= 0.3 is 5.97 Å². The molecule has 0 unspecified atom stereocenters. The molecular weight excluding hydrogens is 554 g/mol. The van der Waals surface area contributed by atoms with Crippen LogP contribution in [0.2, 0.25) is 5.15 Å². The molecule has 10 heteroatoms. The molecule has 1 aromatic carbocycles. The molecule has 1 N–H and O–H groups in total. The molecule has 3 aromatic rings. The number of carbonyl (C=O) groups excluding carboxylic acids is 2. The monoisotopic (exact) mass is 593 g/mol. The summed E-state index contributed by atoms with van der Waals surface area (Å²) in [6.07, 6.45) is 6.61. The molecule has 0 bridgehead atoms. The predicted molar refractivity (Wildman–Crippen MR) is 164 cm³/mol. The number of rotatable bonds is 12. The van der Waals surface area contributed by atoms with Crippen LogP contribution in [0.3, 0.4) is 0 Å². The third-order valence-electron chi connectivity index (χ3n) is 7.83. The molecule has 1 fully saturated rings. The summed E-state index contributed by atoms with van der Waals surface area (Å²) in [5.41, 5.74) is 4.33. The lowest BCUT2D eigenvalue weighted by Crippen LogP contribution is -2.48. The van der Waals surface area contributed by atoms with Gasteiger partial charge in [-0.15, -0.1) is 0 Å². The average molecular weight is 594 g/mol. The summed E-state index contributed by atoms with van der Waals surface area (Å²) >= 11 is 6.02. The van der Waals surface area contributed by atoms with Crippen LogP contribution >= 0.6 is 11.6 Å². The van der Waals surface area contributed by atoms with Gasteiger partial charge in [0.25, 0.3) is 5.91 Å². The van der Waals surface area contributed by atoms with E-state index in [0.717, 1.165) is 55.7 Å². The Morgan fingerprint density at radius 2 is 1.90 bits per heavy atom. The van der Waals surface area contributed by atoms with E-state index < -0.39 is 5.97 Å². The van der Waals surface area contributed by atoms with Crippen LogP contribution in [-0.4, -0.2) is 72.2 Å². The number of carbonyl (C=O) groups is 2. The summed E-state index contributed by atoms with van der Waals surface area (Å²) in [7, 11) is 1.34. The smallest absolute Gasteiger partial charge is 0.343 e. The number of piperidine rings is 1. The van der Waals surface area contributed by atoms with Crippen molar-refractivity contribution in [2.45, 2.75) is 58.7 Å². The molecule has 0 radical (unpaired) electrons. The number of anilines is 1. The molecule has 0 spiro atoms. The fourth-order valence-corrected chi connectivity index (χ4v) is 5.78. The Morgan fingerprint density at radius 3 is 2.55 bits per heavy atom. The van der Waals surface area contributed by atoms with Crippen molar-refractivity contribution in [3.8, 4) is 5.75 Å². The Morgan fingerprint density at radius 1 is 1.17 bits per heavy atom. The molecule has 9 nitrogen and oxygen atoms in total. The van der Waals surface area contributed by atoms with Crippen molar-refractivity contribution in [1.29, 1.82) is 0 Å². The van der Waals surface area contributed by atoms with Crippen molar-refractivity contribution >= 4 is 29.2 Å². The van der Waals surface area contributed by atoms with Crippen LogP contribution in [0, 0.1) is 13.8 Å². The number of esters is 1. The van der Waals surface area contributed by atoms with Gasteiger partial charge in [0, 0.05) is 56.3 Å². The van der Waals surface area contributed by atoms with Gasteiger partial charge in [0.05, 0.1) is 18.4 Å². The van der Waals surface area contributed by atoms with E-state index in [-0.39, 0.29) is 12.5 Å². The van der Waals surface area contributed by atoms with Crippen molar-refractivity contribution < 1.29 is 19.1 Å². The van der Waals surface area contributed by atoms with Gasteiger partial charge < -0.3 is 24.6 Å². The number of methoxy groups -OCH3 is 1. The number of aryl methyl sites for hydroxylation is 2. The van der Waals surface area contributed by atoms with E-state index in [0.29, 0.717) is 40.8 Å². The van der Waals surface area contributed by atoms with E-state index in [2.05, 4.69) is 42.8 Å². The first-order chi connectivity index (χ1) is 20.2. The third-order valence-corrected chi connectivity index (χ3v) is 8.03. The zero-order valence-corrected chi connectivity index (χ0v) is 25.6. The fourth-order valence-electron chi connectivity index (χ4n) is 5.49. The molecule has 4 rings (SSSR count). The van der Waals surface area contributed by atoms with Gasteiger partial charge in [-0.25, -0.2) is 9.78 Å². The van der Waals surface area contributed by atoms with E-state index in [9.17, 15) is 9.59 Å². The summed E-state index contributed by atoms with van der Waals surface area (Å²) in [5, 5.41) is 3.47. The van der Waals surface area contributed by atoms with Gasteiger partial charge in [0.15, 0.2) is 6.61 Å². The summed E-state index contributed by atoms with van der Waals surface area (Å²) < 4.78 is 10.2. The Balaban J connectivity index is 1.33. The van der Waals surface area contributed by atoms with Crippen LogP contribution in [0.5, 0.6) is 5.75 Å². The zero-order chi connectivity index (χ0) is 30.1. The van der Waals surface area contributed by atoms with E-state index >= 15 is 0 Å². The van der Waals surface area contributed by atoms with Gasteiger partial charge in [-0.2, -0.15) is 0 Å². The van der Waals surface area contributed by atoms with Crippen LogP contribution < -0.4 is 15.0 Å². The second-order valence-electron chi connectivity index (χ2n) is 10.7. The molecule has 1 amide bonds. The molecule has 1 aliphatic rings.